The Bertz CT molecular complexity index is 1730. The summed E-state index contributed by atoms with van der Waals surface area (Å²) in [5, 5.41) is 10.9. The second-order valence-electron chi connectivity index (χ2n) is 10.7. The van der Waals surface area contributed by atoms with Crippen LogP contribution in [0.1, 0.15) is 20.8 Å². The zero-order valence-electron chi connectivity index (χ0n) is 23.8. The van der Waals surface area contributed by atoms with Crippen molar-refractivity contribution in [2.45, 2.75) is 26.4 Å². The Kier molecular flexibility index (Phi) is 8.77. The van der Waals surface area contributed by atoms with Gasteiger partial charge in [-0.2, -0.15) is 10.1 Å². The van der Waals surface area contributed by atoms with Gasteiger partial charge in [-0.1, -0.05) is 34.8 Å². The van der Waals surface area contributed by atoms with Gasteiger partial charge in [0.25, 0.3) is 5.56 Å². The molecule has 226 valence electrons. The van der Waals surface area contributed by atoms with Gasteiger partial charge in [0.05, 0.1) is 34.4 Å². The maximum absolute atomic E-state index is 12.8. The summed E-state index contributed by atoms with van der Waals surface area (Å²) in [5.74, 6) is 1.11. The van der Waals surface area contributed by atoms with Crippen LogP contribution in [0.5, 0.6) is 17.4 Å². The standard InChI is InChI=1S/C29H29Cl3N6O5/c1-29(2,3)43-28(40)38-11-9-37(10-12-38)17-5-7-19(21(14-17)41-4)34-26-23-16(15-33-36-27(23)39)13-22(35-26)42-20-8-6-18(30)24(31)25(20)32/h5-8,13-15H,9-12H2,1-4H3,(H,34,35)(H,36,39). The first-order valence-electron chi connectivity index (χ1n) is 13.3. The molecule has 4 aromatic rings. The molecule has 3 heterocycles. The molecule has 0 saturated carbocycles. The minimum absolute atomic E-state index is 0.124. The number of anilines is 3. The maximum Gasteiger partial charge on any atom is 0.410 e. The Hall–Kier alpha value is -3.93. The van der Waals surface area contributed by atoms with E-state index in [9.17, 15) is 9.59 Å². The van der Waals surface area contributed by atoms with Crippen LogP contribution in [-0.2, 0) is 4.74 Å². The number of nitrogens with one attached hydrogen (secondary N) is 2. The van der Waals surface area contributed by atoms with E-state index in [1.165, 1.54) is 6.20 Å². The Labute approximate surface area is 262 Å². The van der Waals surface area contributed by atoms with Crippen LogP contribution in [0.4, 0.5) is 22.0 Å². The highest BCUT2D eigenvalue weighted by atomic mass is 35.5. The monoisotopic (exact) mass is 646 g/mol. The zero-order valence-corrected chi connectivity index (χ0v) is 26.1. The summed E-state index contributed by atoms with van der Waals surface area (Å²) in [7, 11) is 1.55. The molecular weight excluding hydrogens is 619 g/mol. The fourth-order valence-electron chi connectivity index (χ4n) is 4.52. The molecule has 1 aliphatic heterocycles. The van der Waals surface area contributed by atoms with E-state index < -0.39 is 11.2 Å². The Morgan fingerprint density at radius 1 is 1.00 bits per heavy atom. The lowest BCUT2D eigenvalue weighted by Gasteiger charge is -2.37. The van der Waals surface area contributed by atoms with Crippen molar-refractivity contribution < 1.29 is 19.0 Å². The molecular formula is C29H29Cl3N6O5. The van der Waals surface area contributed by atoms with E-state index in [1.807, 2.05) is 39.0 Å². The number of ether oxygens (including phenoxy) is 3. The number of benzene rings is 2. The number of amides is 1. The van der Waals surface area contributed by atoms with Crippen molar-refractivity contribution in [1.82, 2.24) is 20.1 Å². The zero-order chi connectivity index (χ0) is 30.9. The van der Waals surface area contributed by atoms with Crippen molar-refractivity contribution in [2.75, 3.05) is 43.5 Å². The molecule has 1 aliphatic rings. The summed E-state index contributed by atoms with van der Waals surface area (Å²) in [6, 6.07) is 10.3. The minimum Gasteiger partial charge on any atom is -0.494 e. The van der Waals surface area contributed by atoms with Crippen LogP contribution in [-0.4, -0.2) is 65.1 Å². The molecule has 5 rings (SSSR count). The van der Waals surface area contributed by atoms with Gasteiger partial charge in [-0.3, -0.25) is 4.79 Å². The normalized spacial score (nSPS) is 13.7. The average molecular weight is 648 g/mol. The largest absolute Gasteiger partial charge is 0.494 e. The van der Waals surface area contributed by atoms with Gasteiger partial charge in [-0.05, 0) is 45.0 Å². The number of carbonyl (C=O) groups is 1. The quantitative estimate of drug-likeness (QED) is 0.216. The first-order chi connectivity index (χ1) is 20.4. The molecule has 14 heteroatoms. The molecule has 1 fully saturated rings. The molecule has 0 atom stereocenters. The molecule has 43 heavy (non-hydrogen) atoms. The highest BCUT2D eigenvalue weighted by Crippen LogP contribution is 2.40. The lowest BCUT2D eigenvalue weighted by molar-refractivity contribution is 0.0240. The first-order valence-corrected chi connectivity index (χ1v) is 14.4. The van der Waals surface area contributed by atoms with Crippen molar-refractivity contribution >= 4 is 68.9 Å². The Morgan fingerprint density at radius 2 is 1.74 bits per heavy atom. The number of H-pyrrole nitrogens is 1. The van der Waals surface area contributed by atoms with E-state index in [4.69, 9.17) is 49.0 Å². The van der Waals surface area contributed by atoms with Gasteiger partial charge in [-0.15, -0.1) is 0 Å². The van der Waals surface area contributed by atoms with Crippen LogP contribution >= 0.6 is 34.8 Å². The SMILES string of the molecule is COc1cc(N2CCN(C(=O)OC(C)(C)C)CC2)ccc1Nc1nc(Oc2ccc(Cl)c(Cl)c2Cl)cc2cn[nH]c(=O)c12. The molecule has 0 unspecified atom stereocenters. The van der Waals surface area contributed by atoms with Crippen molar-refractivity contribution in [3.05, 3.63) is 68.0 Å². The van der Waals surface area contributed by atoms with Crippen LogP contribution in [0.25, 0.3) is 10.8 Å². The van der Waals surface area contributed by atoms with E-state index in [-0.39, 0.29) is 44.0 Å². The van der Waals surface area contributed by atoms with Crippen LogP contribution in [0.15, 0.2) is 47.4 Å². The fraction of sp³-hybridized carbons (Fsp3) is 0.310. The van der Waals surface area contributed by atoms with Gasteiger partial charge in [0.15, 0.2) is 0 Å². The Balaban J connectivity index is 1.40. The van der Waals surface area contributed by atoms with Crippen molar-refractivity contribution in [1.29, 1.82) is 0 Å². The number of methoxy groups -OCH3 is 1. The molecule has 0 radical (unpaired) electrons. The molecule has 1 amide bonds. The lowest BCUT2D eigenvalue weighted by atomic mass is 10.2. The number of fused-ring (bicyclic) bond motifs is 1. The molecule has 2 N–H and O–H groups in total. The second kappa shape index (κ2) is 12.4. The predicted octanol–water partition coefficient (Wildman–Crippen LogP) is 6.88. The summed E-state index contributed by atoms with van der Waals surface area (Å²) >= 11 is 18.6. The van der Waals surface area contributed by atoms with Gasteiger partial charge in [0.1, 0.15) is 27.9 Å². The van der Waals surface area contributed by atoms with Gasteiger partial charge < -0.3 is 29.3 Å². The molecule has 11 nitrogen and oxygen atoms in total. The molecule has 0 spiro atoms. The third-order valence-electron chi connectivity index (χ3n) is 6.57. The fourth-order valence-corrected chi connectivity index (χ4v) is 5.09. The number of hydrogen-bond donors (Lipinski definition) is 2. The number of piperazine rings is 1. The van der Waals surface area contributed by atoms with E-state index in [2.05, 4.69) is 25.4 Å². The number of hydrogen-bond acceptors (Lipinski definition) is 9. The van der Waals surface area contributed by atoms with Crippen molar-refractivity contribution in [2.24, 2.45) is 0 Å². The molecule has 2 aromatic carbocycles. The van der Waals surface area contributed by atoms with E-state index in [0.29, 0.717) is 43.0 Å². The van der Waals surface area contributed by atoms with Crippen molar-refractivity contribution in [3.63, 3.8) is 0 Å². The number of aromatic amines is 1. The molecule has 0 bridgehead atoms. The number of halogens is 3. The van der Waals surface area contributed by atoms with E-state index >= 15 is 0 Å². The van der Waals surface area contributed by atoms with Crippen molar-refractivity contribution in [3.8, 4) is 17.4 Å². The maximum atomic E-state index is 12.8. The summed E-state index contributed by atoms with van der Waals surface area (Å²) < 4.78 is 17.1. The number of carbonyl (C=O) groups excluding carboxylic acids is 1. The number of rotatable bonds is 6. The highest BCUT2D eigenvalue weighted by molar-refractivity contribution is 6.48. The number of aromatic nitrogens is 3. The van der Waals surface area contributed by atoms with Gasteiger partial charge in [0, 0.05) is 49.4 Å². The Morgan fingerprint density at radius 3 is 2.44 bits per heavy atom. The third-order valence-corrected chi connectivity index (χ3v) is 7.85. The van der Waals surface area contributed by atoms with Gasteiger partial charge in [-0.25, -0.2) is 9.89 Å². The van der Waals surface area contributed by atoms with Crippen LogP contribution in [0.3, 0.4) is 0 Å². The smallest absolute Gasteiger partial charge is 0.410 e. The van der Waals surface area contributed by atoms with Gasteiger partial charge in [0.2, 0.25) is 5.88 Å². The molecule has 2 aromatic heterocycles. The minimum atomic E-state index is -0.547. The van der Waals surface area contributed by atoms with Crippen LogP contribution < -0.4 is 25.2 Å². The first kappa shape index (κ1) is 30.5. The van der Waals surface area contributed by atoms with E-state index in [1.54, 1.807) is 30.2 Å². The average Bonchev–Trinajstić information content (AvgIpc) is 2.97. The summed E-state index contributed by atoms with van der Waals surface area (Å²) in [6.07, 6.45) is 1.17. The summed E-state index contributed by atoms with van der Waals surface area (Å²) in [6.45, 7) is 7.86. The molecule has 1 saturated heterocycles. The molecule has 0 aliphatic carbocycles. The number of pyridine rings is 1. The summed E-state index contributed by atoms with van der Waals surface area (Å²) in [4.78, 5) is 33.7. The highest BCUT2D eigenvalue weighted by Gasteiger charge is 2.26. The lowest BCUT2D eigenvalue weighted by Crippen LogP contribution is -2.50. The van der Waals surface area contributed by atoms with Gasteiger partial charge >= 0.3 is 6.09 Å². The van der Waals surface area contributed by atoms with Crippen LogP contribution in [0, 0.1) is 0 Å². The van der Waals surface area contributed by atoms with E-state index in [0.717, 1.165) is 5.69 Å². The topological polar surface area (TPSA) is 122 Å². The number of nitrogens with zero attached hydrogens (tertiary/aromatic N) is 4. The predicted molar refractivity (Wildman–Crippen MR) is 168 cm³/mol. The summed E-state index contributed by atoms with van der Waals surface area (Å²) in [5.41, 5.74) is 0.490. The third kappa shape index (κ3) is 6.84. The second-order valence-corrected chi connectivity index (χ2v) is 11.9. The van der Waals surface area contributed by atoms with Crippen LogP contribution in [0.2, 0.25) is 15.1 Å².